The number of carbonyl (C=O) groups excluding carboxylic acids is 1. The van der Waals surface area contributed by atoms with Gasteiger partial charge in [-0.05, 0) is 54.1 Å². The monoisotopic (exact) mass is 568 g/mol. The number of benzene rings is 3. The Morgan fingerprint density at radius 3 is 2.50 bits per heavy atom. The zero-order chi connectivity index (χ0) is 29.4. The molecular weight excluding hydrogens is 545 g/mol. The van der Waals surface area contributed by atoms with E-state index in [2.05, 4.69) is 15.3 Å². The number of ether oxygens (including phenoxy) is 1. The summed E-state index contributed by atoms with van der Waals surface area (Å²) in [4.78, 5) is 33.8. The van der Waals surface area contributed by atoms with Crippen LogP contribution in [0.1, 0.15) is 12.0 Å². The van der Waals surface area contributed by atoms with E-state index in [-0.39, 0.29) is 24.6 Å². The summed E-state index contributed by atoms with van der Waals surface area (Å²) >= 11 is 0. The Kier molecular flexibility index (Phi) is 6.82. The number of carbonyl (C=O) groups is 1. The van der Waals surface area contributed by atoms with Gasteiger partial charge in [-0.15, -0.1) is 0 Å². The van der Waals surface area contributed by atoms with Crippen molar-refractivity contribution in [2.45, 2.75) is 12.6 Å². The zero-order valence-corrected chi connectivity index (χ0v) is 22.3. The van der Waals surface area contributed by atoms with Crippen molar-refractivity contribution in [1.29, 1.82) is 0 Å². The van der Waals surface area contributed by atoms with E-state index in [4.69, 9.17) is 4.74 Å². The highest BCUT2D eigenvalue weighted by molar-refractivity contribution is 6.05. The van der Waals surface area contributed by atoms with Gasteiger partial charge in [0.05, 0.1) is 40.8 Å². The summed E-state index contributed by atoms with van der Waals surface area (Å²) in [5.74, 6) is -0.789. The third-order valence-corrected chi connectivity index (χ3v) is 7.03. The van der Waals surface area contributed by atoms with Crippen LogP contribution >= 0.6 is 0 Å². The van der Waals surface area contributed by atoms with Gasteiger partial charge in [-0.3, -0.25) is 24.1 Å². The topological polar surface area (TPSA) is 86.1 Å². The zero-order valence-electron chi connectivity index (χ0n) is 22.3. The van der Waals surface area contributed by atoms with Crippen molar-refractivity contribution in [2.24, 2.45) is 0 Å². The smallest absolute Gasteiger partial charge is 0.420 e. The standard InChI is InChI=1S/C32H23F3N4O3/c1-36-29(40)12-13-42-28-10-8-23(16-25(28)32(33,34)35)39-30(41)11-7-21-17-38-27-9-6-19(15-24(27)31(21)39)22-14-20-4-2-3-5-26(20)37-18-22/h2-11,14-18H,12-13H2,1H3,(H,36,40). The van der Waals surface area contributed by atoms with Gasteiger partial charge in [0.15, 0.2) is 0 Å². The average molecular weight is 569 g/mol. The second kappa shape index (κ2) is 10.6. The van der Waals surface area contributed by atoms with Gasteiger partial charge >= 0.3 is 6.18 Å². The Morgan fingerprint density at radius 2 is 1.69 bits per heavy atom. The molecule has 6 rings (SSSR count). The average Bonchev–Trinajstić information content (AvgIpc) is 3.00. The third-order valence-electron chi connectivity index (χ3n) is 7.03. The van der Waals surface area contributed by atoms with E-state index in [1.807, 2.05) is 48.5 Å². The number of alkyl halides is 3. The van der Waals surface area contributed by atoms with Gasteiger partial charge in [0.25, 0.3) is 5.56 Å². The van der Waals surface area contributed by atoms with E-state index < -0.39 is 23.0 Å². The molecule has 3 heterocycles. The van der Waals surface area contributed by atoms with Crippen molar-refractivity contribution in [2.75, 3.05) is 13.7 Å². The van der Waals surface area contributed by atoms with Crippen molar-refractivity contribution in [3.8, 4) is 22.6 Å². The van der Waals surface area contributed by atoms with Crippen LogP contribution in [0.2, 0.25) is 0 Å². The predicted octanol–water partition coefficient (Wildman–Crippen LogP) is 6.29. The van der Waals surface area contributed by atoms with Crippen LogP contribution in [-0.2, 0) is 11.0 Å². The molecule has 6 aromatic rings. The van der Waals surface area contributed by atoms with Crippen molar-refractivity contribution >= 4 is 38.6 Å². The first-order chi connectivity index (χ1) is 20.2. The molecule has 0 saturated heterocycles. The fourth-order valence-electron chi connectivity index (χ4n) is 4.96. The number of halogens is 3. The lowest BCUT2D eigenvalue weighted by Crippen LogP contribution is -2.21. The van der Waals surface area contributed by atoms with Crippen LogP contribution in [0.25, 0.3) is 49.5 Å². The Balaban J connectivity index is 1.52. The molecule has 0 aliphatic rings. The van der Waals surface area contributed by atoms with Crippen molar-refractivity contribution < 1.29 is 22.7 Å². The lowest BCUT2D eigenvalue weighted by molar-refractivity contribution is -0.138. The second-order valence-electron chi connectivity index (χ2n) is 9.67. The highest BCUT2D eigenvalue weighted by Gasteiger charge is 2.35. The van der Waals surface area contributed by atoms with E-state index in [1.165, 1.54) is 29.8 Å². The minimum absolute atomic E-state index is 0.0156. The number of hydrogen-bond acceptors (Lipinski definition) is 5. The Hall–Kier alpha value is -5.25. The summed E-state index contributed by atoms with van der Waals surface area (Å²) in [6, 6.07) is 21.7. The summed E-state index contributed by atoms with van der Waals surface area (Å²) < 4.78 is 49.0. The first-order valence-electron chi connectivity index (χ1n) is 13.1. The van der Waals surface area contributed by atoms with Crippen LogP contribution in [0.3, 0.4) is 0 Å². The number of rotatable bonds is 6. The van der Waals surface area contributed by atoms with Gasteiger partial charge in [0, 0.05) is 47.2 Å². The molecule has 210 valence electrons. The molecule has 3 aromatic carbocycles. The minimum atomic E-state index is -4.77. The van der Waals surface area contributed by atoms with Crippen LogP contribution in [0.5, 0.6) is 5.75 Å². The second-order valence-corrected chi connectivity index (χ2v) is 9.67. The maximum absolute atomic E-state index is 14.2. The van der Waals surface area contributed by atoms with E-state index in [0.717, 1.165) is 28.1 Å². The molecular formula is C32H23F3N4O3. The molecule has 0 atom stereocenters. The fraction of sp³-hybridized carbons (Fsp3) is 0.125. The highest BCUT2D eigenvalue weighted by Crippen LogP contribution is 2.38. The third kappa shape index (κ3) is 5.03. The largest absolute Gasteiger partial charge is 0.492 e. The van der Waals surface area contributed by atoms with Crippen LogP contribution in [0.15, 0.2) is 96.1 Å². The van der Waals surface area contributed by atoms with Gasteiger partial charge in [0.1, 0.15) is 5.75 Å². The normalized spacial score (nSPS) is 11.7. The van der Waals surface area contributed by atoms with E-state index in [0.29, 0.717) is 21.8 Å². The van der Waals surface area contributed by atoms with E-state index in [1.54, 1.807) is 18.5 Å². The predicted molar refractivity (Wildman–Crippen MR) is 155 cm³/mol. The molecule has 0 unspecified atom stereocenters. The summed E-state index contributed by atoms with van der Waals surface area (Å²) in [7, 11) is 1.43. The number of hydrogen-bond donors (Lipinski definition) is 1. The molecule has 3 aromatic heterocycles. The molecule has 0 saturated carbocycles. The number of aromatic nitrogens is 3. The van der Waals surface area contributed by atoms with Crippen LogP contribution < -0.4 is 15.6 Å². The number of pyridine rings is 3. The Morgan fingerprint density at radius 1 is 0.881 bits per heavy atom. The van der Waals surface area contributed by atoms with Gasteiger partial charge in [-0.25, -0.2) is 0 Å². The van der Waals surface area contributed by atoms with Crippen LogP contribution in [-0.4, -0.2) is 34.1 Å². The number of para-hydroxylation sites is 1. The molecule has 0 spiro atoms. The first-order valence-corrected chi connectivity index (χ1v) is 13.1. The number of nitrogens with one attached hydrogen (secondary N) is 1. The molecule has 0 radical (unpaired) electrons. The molecule has 42 heavy (non-hydrogen) atoms. The molecule has 10 heteroatoms. The quantitative estimate of drug-likeness (QED) is 0.239. The molecule has 0 fully saturated rings. The minimum Gasteiger partial charge on any atom is -0.492 e. The van der Waals surface area contributed by atoms with Gasteiger partial charge in [-0.1, -0.05) is 24.3 Å². The van der Waals surface area contributed by atoms with Crippen molar-refractivity contribution in [1.82, 2.24) is 19.9 Å². The lowest BCUT2D eigenvalue weighted by Gasteiger charge is -2.18. The highest BCUT2D eigenvalue weighted by atomic mass is 19.4. The summed E-state index contributed by atoms with van der Waals surface area (Å²) in [6.07, 6.45) is -1.53. The fourth-order valence-corrected chi connectivity index (χ4v) is 4.96. The number of amides is 1. The SMILES string of the molecule is CNC(=O)CCOc1ccc(-n2c(=O)ccc3cnc4ccc(-c5cnc6ccccc6c5)cc4c32)cc1C(F)(F)F. The Labute approximate surface area is 237 Å². The van der Waals surface area contributed by atoms with Crippen molar-refractivity contribution in [3.63, 3.8) is 0 Å². The maximum atomic E-state index is 14.2. The van der Waals surface area contributed by atoms with Gasteiger partial charge in [0.2, 0.25) is 5.91 Å². The number of nitrogens with zero attached hydrogens (tertiary/aromatic N) is 3. The van der Waals surface area contributed by atoms with Crippen LogP contribution in [0.4, 0.5) is 13.2 Å². The molecule has 0 bridgehead atoms. The molecule has 1 amide bonds. The molecule has 0 aliphatic heterocycles. The van der Waals surface area contributed by atoms with Gasteiger partial charge < -0.3 is 10.1 Å². The van der Waals surface area contributed by atoms with Crippen molar-refractivity contribution in [3.05, 3.63) is 107 Å². The molecule has 0 aliphatic carbocycles. The summed E-state index contributed by atoms with van der Waals surface area (Å²) in [5, 5.41) is 4.53. The maximum Gasteiger partial charge on any atom is 0.420 e. The van der Waals surface area contributed by atoms with E-state index >= 15 is 0 Å². The number of fused-ring (bicyclic) bond motifs is 4. The summed E-state index contributed by atoms with van der Waals surface area (Å²) in [5.41, 5.74) is 1.96. The first kappa shape index (κ1) is 26.9. The molecule has 1 N–H and O–H groups in total. The van der Waals surface area contributed by atoms with E-state index in [9.17, 15) is 22.8 Å². The van der Waals surface area contributed by atoms with Gasteiger partial charge in [-0.2, -0.15) is 13.2 Å². The Bertz CT molecular complexity index is 2050. The summed E-state index contributed by atoms with van der Waals surface area (Å²) in [6.45, 7) is -0.237. The lowest BCUT2D eigenvalue weighted by atomic mass is 10.0. The molecule has 7 nitrogen and oxygen atoms in total. The van der Waals surface area contributed by atoms with Crippen LogP contribution in [0, 0.1) is 0 Å².